The zero-order valence-electron chi connectivity index (χ0n) is 13.2. The molecule has 1 aromatic heterocycles. The van der Waals surface area contributed by atoms with E-state index in [1.54, 1.807) is 13.2 Å². The molecule has 1 aliphatic heterocycles. The Morgan fingerprint density at radius 1 is 1.46 bits per heavy atom. The molecular formula is C16H16N4O2S2. The maximum absolute atomic E-state index is 12.3. The summed E-state index contributed by atoms with van der Waals surface area (Å²) in [5.74, 6) is -0.301. The first-order valence-corrected chi connectivity index (χ1v) is 9.08. The maximum atomic E-state index is 12.3. The average molecular weight is 360 g/mol. The van der Waals surface area contributed by atoms with E-state index >= 15 is 0 Å². The molecule has 6 nitrogen and oxygen atoms in total. The Kier molecular flexibility index (Phi) is 4.96. The predicted molar refractivity (Wildman–Crippen MR) is 97.8 cm³/mol. The van der Waals surface area contributed by atoms with Crippen molar-refractivity contribution in [2.24, 2.45) is 4.99 Å². The molecule has 8 heteroatoms. The number of amides is 2. The molecule has 0 radical (unpaired) electrons. The minimum absolute atomic E-state index is 0.110. The van der Waals surface area contributed by atoms with Crippen LogP contribution < -0.4 is 5.32 Å². The van der Waals surface area contributed by atoms with E-state index in [0.717, 1.165) is 11.3 Å². The molecule has 1 N–H and O–H groups in total. The minimum atomic E-state index is -0.460. The summed E-state index contributed by atoms with van der Waals surface area (Å²) in [5.41, 5.74) is 1.80. The van der Waals surface area contributed by atoms with Crippen LogP contribution >= 0.6 is 23.1 Å². The standard InChI is InChI=1S/C16H16N4O2S2/c1-10-4-3-5-11(8-10)18-13(21)9-12-14(22)20(2)16(24-12)19-15-17-6-7-23-15/h3-8,12H,9H2,1-2H3,(H,18,21)/t12-/m1/s1. The van der Waals surface area contributed by atoms with Gasteiger partial charge >= 0.3 is 0 Å². The Bertz CT molecular complexity index is 789. The Hall–Kier alpha value is -2.19. The van der Waals surface area contributed by atoms with Crippen LogP contribution in [0.2, 0.25) is 0 Å². The van der Waals surface area contributed by atoms with Gasteiger partial charge in [0.15, 0.2) is 5.17 Å². The number of benzene rings is 1. The van der Waals surface area contributed by atoms with Crippen LogP contribution in [-0.4, -0.2) is 39.2 Å². The van der Waals surface area contributed by atoms with Gasteiger partial charge in [-0.1, -0.05) is 23.9 Å². The smallest absolute Gasteiger partial charge is 0.242 e. The monoisotopic (exact) mass is 360 g/mol. The van der Waals surface area contributed by atoms with Crippen LogP contribution in [0.3, 0.4) is 0 Å². The summed E-state index contributed by atoms with van der Waals surface area (Å²) >= 11 is 2.70. The van der Waals surface area contributed by atoms with Gasteiger partial charge in [0.2, 0.25) is 16.9 Å². The Morgan fingerprint density at radius 2 is 2.29 bits per heavy atom. The maximum Gasteiger partial charge on any atom is 0.242 e. The lowest BCUT2D eigenvalue weighted by Gasteiger charge is -2.09. The highest BCUT2D eigenvalue weighted by Gasteiger charge is 2.37. The molecule has 2 amide bonds. The number of nitrogens with zero attached hydrogens (tertiary/aromatic N) is 3. The third kappa shape index (κ3) is 3.82. The van der Waals surface area contributed by atoms with Crippen molar-refractivity contribution >= 4 is 50.9 Å². The third-order valence-electron chi connectivity index (χ3n) is 3.42. The second-order valence-corrected chi connectivity index (χ2v) is 7.38. The molecule has 0 spiro atoms. The number of rotatable bonds is 4. The first-order chi connectivity index (χ1) is 11.5. The van der Waals surface area contributed by atoms with Crippen LogP contribution in [0.1, 0.15) is 12.0 Å². The van der Waals surface area contributed by atoms with Gasteiger partial charge in [-0.2, -0.15) is 4.99 Å². The van der Waals surface area contributed by atoms with Crippen molar-refractivity contribution in [1.82, 2.24) is 9.88 Å². The Balaban J connectivity index is 1.65. The molecule has 124 valence electrons. The molecule has 0 unspecified atom stereocenters. The van der Waals surface area contributed by atoms with Crippen molar-refractivity contribution in [2.45, 2.75) is 18.6 Å². The van der Waals surface area contributed by atoms with Gasteiger partial charge in [-0.3, -0.25) is 14.5 Å². The van der Waals surface area contributed by atoms with E-state index in [0.29, 0.717) is 10.3 Å². The number of carbonyl (C=O) groups excluding carboxylic acids is 2. The van der Waals surface area contributed by atoms with Crippen molar-refractivity contribution in [3.63, 3.8) is 0 Å². The zero-order valence-corrected chi connectivity index (χ0v) is 14.9. The van der Waals surface area contributed by atoms with Crippen LogP contribution in [0.15, 0.2) is 40.8 Å². The second kappa shape index (κ2) is 7.14. The van der Waals surface area contributed by atoms with Crippen molar-refractivity contribution in [2.75, 3.05) is 12.4 Å². The molecule has 2 aromatic rings. The first kappa shape index (κ1) is 16.7. The molecule has 0 aliphatic carbocycles. The van der Waals surface area contributed by atoms with E-state index in [-0.39, 0.29) is 18.2 Å². The van der Waals surface area contributed by atoms with Crippen molar-refractivity contribution in [1.29, 1.82) is 0 Å². The van der Waals surface area contributed by atoms with E-state index in [1.165, 1.54) is 28.0 Å². The Morgan fingerprint density at radius 3 is 3.00 bits per heavy atom. The van der Waals surface area contributed by atoms with Crippen molar-refractivity contribution < 1.29 is 9.59 Å². The summed E-state index contributed by atoms with van der Waals surface area (Å²) in [7, 11) is 1.67. The molecule has 1 aliphatic rings. The van der Waals surface area contributed by atoms with Gasteiger partial charge in [0.1, 0.15) is 5.25 Å². The lowest BCUT2D eigenvalue weighted by atomic mass is 10.2. The molecule has 24 heavy (non-hydrogen) atoms. The fourth-order valence-corrected chi connectivity index (χ4v) is 3.95. The lowest BCUT2D eigenvalue weighted by molar-refractivity contribution is -0.127. The molecule has 2 heterocycles. The number of thiazole rings is 1. The third-order valence-corrected chi connectivity index (χ3v) is 5.32. The van der Waals surface area contributed by atoms with Crippen molar-refractivity contribution in [3.05, 3.63) is 41.4 Å². The number of aliphatic imine (C=N–C) groups is 1. The summed E-state index contributed by atoms with van der Waals surface area (Å²) in [4.78, 5) is 34.5. The van der Waals surface area contributed by atoms with Gasteiger partial charge in [0.25, 0.3) is 0 Å². The van der Waals surface area contributed by atoms with Crippen LogP contribution in [0.4, 0.5) is 10.8 Å². The Labute approximate surface area is 148 Å². The van der Waals surface area contributed by atoms with Crippen molar-refractivity contribution in [3.8, 4) is 0 Å². The van der Waals surface area contributed by atoms with E-state index in [1.807, 2.05) is 36.6 Å². The number of thioether (sulfide) groups is 1. The summed E-state index contributed by atoms with van der Waals surface area (Å²) in [6.07, 6.45) is 1.77. The quantitative estimate of drug-likeness (QED) is 0.909. The van der Waals surface area contributed by atoms with Crippen LogP contribution in [0, 0.1) is 6.92 Å². The number of anilines is 1. The molecule has 0 saturated carbocycles. The zero-order chi connectivity index (χ0) is 17.1. The first-order valence-electron chi connectivity index (χ1n) is 7.32. The van der Waals surface area contributed by atoms with Crippen LogP contribution in [0.25, 0.3) is 0 Å². The highest BCUT2D eigenvalue weighted by Crippen LogP contribution is 2.31. The molecule has 1 fully saturated rings. The van der Waals surface area contributed by atoms with E-state index in [2.05, 4.69) is 15.3 Å². The summed E-state index contributed by atoms with van der Waals surface area (Å²) in [6, 6.07) is 7.56. The number of aryl methyl sites for hydroxylation is 1. The minimum Gasteiger partial charge on any atom is -0.326 e. The van der Waals surface area contributed by atoms with Gasteiger partial charge in [0, 0.05) is 30.7 Å². The van der Waals surface area contributed by atoms with E-state index < -0.39 is 5.25 Å². The van der Waals surface area contributed by atoms with Crippen LogP contribution in [0.5, 0.6) is 0 Å². The van der Waals surface area contributed by atoms with Crippen LogP contribution in [-0.2, 0) is 9.59 Å². The number of hydrogen-bond acceptors (Lipinski definition) is 6. The largest absolute Gasteiger partial charge is 0.326 e. The summed E-state index contributed by atoms with van der Waals surface area (Å²) in [6.45, 7) is 1.96. The number of aromatic nitrogens is 1. The van der Waals surface area contributed by atoms with E-state index in [4.69, 9.17) is 0 Å². The average Bonchev–Trinajstić information content (AvgIpc) is 3.13. The second-order valence-electron chi connectivity index (χ2n) is 5.33. The predicted octanol–water partition coefficient (Wildman–Crippen LogP) is 3.04. The SMILES string of the molecule is Cc1cccc(NC(=O)C[C@H]2SC(=Nc3nccs3)N(C)C2=O)c1. The topological polar surface area (TPSA) is 74.7 Å². The summed E-state index contributed by atoms with van der Waals surface area (Å²) in [5, 5.41) is 5.37. The fourth-order valence-electron chi connectivity index (χ4n) is 2.25. The molecule has 1 atom stereocenters. The number of hydrogen-bond donors (Lipinski definition) is 1. The molecule has 1 aromatic carbocycles. The number of nitrogens with one attached hydrogen (secondary N) is 1. The summed E-state index contributed by atoms with van der Waals surface area (Å²) < 4.78 is 0. The lowest BCUT2D eigenvalue weighted by Crippen LogP contribution is -2.30. The highest BCUT2D eigenvalue weighted by atomic mass is 32.2. The van der Waals surface area contributed by atoms with Gasteiger partial charge in [-0.05, 0) is 24.6 Å². The molecular weight excluding hydrogens is 344 g/mol. The fraction of sp³-hybridized carbons (Fsp3) is 0.250. The normalized spacial score (nSPS) is 19.1. The molecule has 3 rings (SSSR count). The molecule has 0 bridgehead atoms. The molecule has 1 saturated heterocycles. The van der Waals surface area contributed by atoms with Gasteiger partial charge in [-0.25, -0.2) is 4.98 Å². The van der Waals surface area contributed by atoms with E-state index in [9.17, 15) is 9.59 Å². The highest BCUT2D eigenvalue weighted by molar-refractivity contribution is 8.15. The van der Waals surface area contributed by atoms with Gasteiger partial charge < -0.3 is 5.32 Å². The van der Waals surface area contributed by atoms with Gasteiger partial charge in [0.05, 0.1) is 0 Å². The number of carbonyl (C=O) groups is 2. The number of amidine groups is 1. The van der Waals surface area contributed by atoms with Gasteiger partial charge in [-0.15, -0.1) is 11.3 Å².